The Hall–Kier alpha value is -2.82. The van der Waals surface area contributed by atoms with Gasteiger partial charge in [0.15, 0.2) is 6.10 Å². The molecule has 4 N–H and O–H groups in total. The molecule has 0 rings (SSSR count). The van der Waals surface area contributed by atoms with E-state index >= 15 is 0 Å². The van der Waals surface area contributed by atoms with Gasteiger partial charge < -0.3 is 25.2 Å². The van der Waals surface area contributed by atoms with E-state index in [1.54, 1.807) is 0 Å². The summed E-state index contributed by atoms with van der Waals surface area (Å²) < 4.78 is 32.5. The van der Waals surface area contributed by atoms with Gasteiger partial charge in [-0.15, -0.1) is 0 Å². The summed E-state index contributed by atoms with van der Waals surface area (Å²) in [6.07, 6.45) is 40.1. The molecule has 0 aliphatic rings. The van der Waals surface area contributed by atoms with Gasteiger partial charge in [-0.2, -0.15) is 0 Å². The number of unbranched alkanes of at least 4 members (excludes halogenated alkanes) is 12. The molecule has 0 radical (unpaired) electrons. The van der Waals surface area contributed by atoms with Crippen LogP contribution in [0.15, 0.2) is 60.8 Å². The van der Waals surface area contributed by atoms with E-state index in [1.165, 1.54) is 0 Å². The van der Waals surface area contributed by atoms with Crippen molar-refractivity contribution in [3.63, 3.8) is 0 Å². The van der Waals surface area contributed by atoms with Gasteiger partial charge >= 0.3 is 25.7 Å². The summed E-state index contributed by atoms with van der Waals surface area (Å²) in [5.74, 6) is -2.42. The fourth-order valence-electron chi connectivity index (χ4n) is 4.88. The van der Waals surface area contributed by atoms with Gasteiger partial charge in [-0.25, -0.2) is 4.57 Å². The first-order valence-electron chi connectivity index (χ1n) is 19.8. The molecule has 0 aliphatic heterocycles. The highest BCUT2D eigenvalue weighted by Gasteiger charge is 2.28. The van der Waals surface area contributed by atoms with Gasteiger partial charge in [0.05, 0.1) is 13.2 Å². The molecule has 0 spiro atoms. The normalized spacial score (nSPS) is 14.5. The summed E-state index contributed by atoms with van der Waals surface area (Å²) >= 11 is 0. The Bertz CT molecular complexity index is 1130. The number of hydrogen-bond acceptors (Lipinski definition) is 9. The quantitative estimate of drug-likeness (QED) is 0.0240. The Morgan fingerprint density at radius 3 is 1.60 bits per heavy atom. The van der Waals surface area contributed by atoms with Crippen molar-refractivity contribution in [3.05, 3.63) is 60.8 Å². The van der Waals surface area contributed by atoms with Crippen molar-refractivity contribution in [3.8, 4) is 0 Å². The largest absolute Gasteiger partial charge is 0.480 e. The SMILES string of the molecule is CC/C=C\C/C=C\C/C=C\C/C=C\CCCCCCCCC(=O)OC(COC(=O)CCCCCCC/C=C\CCC)COP(=O)(O)OCC(N)C(=O)O. The van der Waals surface area contributed by atoms with Crippen LogP contribution < -0.4 is 5.73 Å². The van der Waals surface area contributed by atoms with E-state index in [0.29, 0.717) is 12.8 Å². The summed E-state index contributed by atoms with van der Waals surface area (Å²) in [7, 11) is -4.72. The fraction of sp³-hybridized carbons (Fsp3) is 0.683. The summed E-state index contributed by atoms with van der Waals surface area (Å²) in [5, 5.41) is 8.86. The van der Waals surface area contributed by atoms with Crippen LogP contribution in [0.1, 0.15) is 149 Å². The molecule has 0 heterocycles. The fourth-order valence-corrected chi connectivity index (χ4v) is 5.66. The minimum absolute atomic E-state index is 0.140. The van der Waals surface area contributed by atoms with E-state index in [-0.39, 0.29) is 19.4 Å². The summed E-state index contributed by atoms with van der Waals surface area (Å²) in [4.78, 5) is 45.8. The molecule has 12 heteroatoms. The third-order valence-electron chi connectivity index (χ3n) is 7.98. The Labute approximate surface area is 319 Å². The van der Waals surface area contributed by atoms with E-state index < -0.39 is 51.1 Å². The maximum Gasteiger partial charge on any atom is 0.472 e. The van der Waals surface area contributed by atoms with E-state index in [1.807, 2.05) is 0 Å². The number of aliphatic carboxylic acids is 1. The highest BCUT2D eigenvalue weighted by molar-refractivity contribution is 7.47. The number of phosphoric acid groups is 1. The van der Waals surface area contributed by atoms with Gasteiger partial charge in [-0.05, 0) is 70.6 Å². The first kappa shape index (κ1) is 50.2. The number of carbonyl (C=O) groups is 3. The van der Waals surface area contributed by atoms with Crippen LogP contribution >= 0.6 is 7.82 Å². The average molecular weight is 768 g/mol. The number of hydrogen-bond donors (Lipinski definition) is 3. The predicted octanol–water partition coefficient (Wildman–Crippen LogP) is 10.00. The van der Waals surface area contributed by atoms with Crippen molar-refractivity contribution in [2.24, 2.45) is 5.73 Å². The van der Waals surface area contributed by atoms with E-state index in [9.17, 15) is 23.8 Å². The highest BCUT2D eigenvalue weighted by atomic mass is 31.2. The van der Waals surface area contributed by atoms with Gasteiger partial charge in [0.1, 0.15) is 12.6 Å². The Morgan fingerprint density at radius 1 is 0.604 bits per heavy atom. The summed E-state index contributed by atoms with van der Waals surface area (Å²) in [5.41, 5.74) is 5.31. The summed E-state index contributed by atoms with van der Waals surface area (Å²) in [6, 6.07) is -1.53. The van der Waals surface area contributed by atoms with Gasteiger partial charge in [0.2, 0.25) is 0 Å². The first-order chi connectivity index (χ1) is 25.6. The van der Waals surface area contributed by atoms with Crippen molar-refractivity contribution in [1.29, 1.82) is 0 Å². The van der Waals surface area contributed by atoms with Gasteiger partial charge in [0, 0.05) is 12.8 Å². The third kappa shape index (κ3) is 36.0. The average Bonchev–Trinajstić information content (AvgIpc) is 3.13. The molecule has 0 fully saturated rings. The molecule has 0 aromatic rings. The lowest BCUT2D eigenvalue weighted by atomic mass is 10.1. The first-order valence-corrected chi connectivity index (χ1v) is 21.3. The van der Waals surface area contributed by atoms with Crippen molar-refractivity contribution >= 4 is 25.7 Å². The van der Waals surface area contributed by atoms with Crippen LogP contribution in [0.4, 0.5) is 0 Å². The highest BCUT2D eigenvalue weighted by Crippen LogP contribution is 2.43. The molecule has 0 bridgehead atoms. The van der Waals surface area contributed by atoms with Crippen molar-refractivity contribution in [2.75, 3.05) is 19.8 Å². The van der Waals surface area contributed by atoms with Crippen LogP contribution in [0.2, 0.25) is 0 Å². The number of phosphoric ester groups is 1. The molecular weight excluding hydrogens is 697 g/mol. The molecule has 0 aliphatic carbocycles. The molecule has 0 aromatic heterocycles. The van der Waals surface area contributed by atoms with E-state index in [0.717, 1.165) is 109 Å². The van der Waals surface area contributed by atoms with Crippen LogP contribution in [-0.4, -0.2) is 59.9 Å². The van der Waals surface area contributed by atoms with Crippen molar-refractivity contribution < 1.29 is 47.5 Å². The number of rotatable bonds is 36. The van der Waals surface area contributed by atoms with Crippen LogP contribution in [0, 0.1) is 0 Å². The zero-order chi connectivity index (χ0) is 39.3. The second-order valence-electron chi connectivity index (χ2n) is 13.0. The lowest BCUT2D eigenvalue weighted by Crippen LogP contribution is -2.34. The molecule has 11 nitrogen and oxygen atoms in total. The molecule has 3 unspecified atom stereocenters. The number of allylic oxidation sites excluding steroid dienone is 10. The Balaban J connectivity index is 4.42. The minimum atomic E-state index is -4.72. The monoisotopic (exact) mass is 767 g/mol. The van der Waals surface area contributed by atoms with Crippen molar-refractivity contribution in [2.45, 2.75) is 161 Å². The number of esters is 2. The van der Waals surface area contributed by atoms with Crippen LogP contribution in [0.5, 0.6) is 0 Å². The van der Waals surface area contributed by atoms with Crippen LogP contribution in [0.25, 0.3) is 0 Å². The molecule has 3 atom stereocenters. The lowest BCUT2D eigenvalue weighted by Gasteiger charge is -2.20. The molecular formula is C41H70NO10P. The van der Waals surface area contributed by atoms with Crippen LogP contribution in [-0.2, 0) is 37.5 Å². The smallest absolute Gasteiger partial charge is 0.472 e. The standard InChI is InChI=1S/C41H70NO10P/c1-3-5-7-9-11-13-15-16-17-18-19-20-21-22-23-25-27-29-31-33-40(44)52-37(35-50-53(47,48)51-36-38(42)41(45)46)34-49-39(43)32-30-28-26-24-14-12-10-8-6-4-2/h5,7-8,10-11,13,16-17,19-20,37-38H,3-4,6,9,12,14-15,18,21-36,42H2,1-2H3,(H,45,46)(H,47,48)/b7-5-,10-8-,13-11-,17-16-,20-19-. The number of carboxylic acid groups (broad SMARTS) is 1. The topological polar surface area (TPSA) is 172 Å². The van der Waals surface area contributed by atoms with Crippen molar-refractivity contribution in [1.82, 2.24) is 0 Å². The Kier molecular flexibility index (Phi) is 34.2. The maximum absolute atomic E-state index is 12.6. The molecule has 304 valence electrons. The number of ether oxygens (including phenoxy) is 2. The molecule has 0 saturated heterocycles. The van der Waals surface area contributed by atoms with Gasteiger partial charge in [-0.1, -0.05) is 126 Å². The molecule has 53 heavy (non-hydrogen) atoms. The Morgan fingerprint density at radius 2 is 1.06 bits per heavy atom. The number of carboxylic acids is 1. The summed E-state index contributed by atoms with van der Waals surface area (Å²) in [6.45, 7) is 2.57. The second-order valence-corrected chi connectivity index (χ2v) is 14.5. The lowest BCUT2D eigenvalue weighted by molar-refractivity contribution is -0.161. The van der Waals surface area contributed by atoms with Gasteiger partial charge in [0.25, 0.3) is 0 Å². The number of nitrogens with two attached hydrogens (primary N) is 1. The molecule has 0 aromatic carbocycles. The maximum atomic E-state index is 12.6. The zero-order valence-electron chi connectivity index (χ0n) is 32.6. The second kappa shape index (κ2) is 36.2. The van der Waals surface area contributed by atoms with E-state index in [2.05, 4.69) is 79.1 Å². The zero-order valence-corrected chi connectivity index (χ0v) is 33.5. The van der Waals surface area contributed by atoms with E-state index in [4.69, 9.17) is 24.8 Å². The van der Waals surface area contributed by atoms with Gasteiger partial charge in [-0.3, -0.25) is 23.4 Å². The minimum Gasteiger partial charge on any atom is -0.480 e. The molecule has 0 saturated carbocycles. The predicted molar refractivity (Wildman–Crippen MR) is 212 cm³/mol. The third-order valence-corrected chi connectivity index (χ3v) is 8.93. The molecule has 0 amide bonds. The van der Waals surface area contributed by atoms with Crippen LogP contribution in [0.3, 0.4) is 0 Å². The number of carbonyl (C=O) groups excluding carboxylic acids is 2.